The number of amides is 1. The van der Waals surface area contributed by atoms with Gasteiger partial charge in [0.15, 0.2) is 0 Å². The average molecular weight is 317 g/mol. The molecule has 114 valence electrons. The summed E-state index contributed by atoms with van der Waals surface area (Å²) in [5.74, 6) is 0.0861. The molecule has 20 heavy (non-hydrogen) atoms. The van der Waals surface area contributed by atoms with E-state index in [0.29, 0.717) is 6.54 Å². The molecule has 1 saturated carbocycles. The Morgan fingerprint density at radius 2 is 2.15 bits per heavy atom. The summed E-state index contributed by atoms with van der Waals surface area (Å²) in [6.45, 7) is 4.79. The van der Waals surface area contributed by atoms with Crippen LogP contribution in [-0.2, 0) is 17.8 Å². The van der Waals surface area contributed by atoms with Gasteiger partial charge in [-0.05, 0) is 38.3 Å². The predicted molar refractivity (Wildman–Crippen MR) is 87.3 cm³/mol. The van der Waals surface area contributed by atoms with Crippen LogP contribution < -0.4 is 11.1 Å². The number of rotatable bonds is 4. The first-order chi connectivity index (χ1) is 9.03. The van der Waals surface area contributed by atoms with Crippen LogP contribution in [0.1, 0.15) is 49.3 Å². The Morgan fingerprint density at radius 1 is 1.45 bits per heavy atom. The smallest absolute Gasteiger partial charge is 0.225 e. The summed E-state index contributed by atoms with van der Waals surface area (Å²) in [7, 11) is 0. The first kappa shape index (κ1) is 17.5. The number of carbonyl (C=O) groups excluding carboxylic acids is 1. The second-order valence-electron chi connectivity index (χ2n) is 5.74. The topological polar surface area (TPSA) is 55.1 Å². The van der Waals surface area contributed by atoms with E-state index in [1.54, 1.807) is 11.3 Å². The fourth-order valence-corrected chi connectivity index (χ4v) is 3.69. The van der Waals surface area contributed by atoms with Crippen molar-refractivity contribution < 1.29 is 4.79 Å². The van der Waals surface area contributed by atoms with Crippen LogP contribution in [-0.4, -0.2) is 11.4 Å². The normalized spacial score (nSPS) is 25.9. The molecule has 2 unspecified atom stereocenters. The van der Waals surface area contributed by atoms with Crippen LogP contribution in [0.3, 0.4) is 0 Å². The minimum absolute atomic E-state index is 0. The molecule has 0 radical (unpaired) electrons. The van der Waals surface area contributed by atoms with Crippen molar-refractivity contribution in [2.24, 2.45) is 11.7 Å². The molecule has 1 aromatic heterocycles. The molecule has 3 N–H and O–H groups in total. The van der Waals surface area contributed by atoms with Gasteiger partial charge < -0.3 is 11.1 Å². The third-order valence-corrected chi connectivity index (χ3v) is 5.30. The van der Waals surface area contributed by atoms with Crippen LogP contribution in [0.25, 0.3) is 0 Å². The number of halogens is 1. The van der Waals surface area contributed by atoms with Gasteiger partial charge in [-0.15, -0.1) is 23.7 Å². The first-order valence-corrected chi connectivity index (χ1v) is 7.99. The maximum Gasteiger partial charge on any atom is 0.225 e. The summed E-state index contributed by atoms with van der Waals surface area (Å²) in [5, 5.41) is 3.05. The van der Waals surface area contributed by atoms with Crippen molar-refractivity contribution in [3.8, 4) is 0 Å². The standard InChI is InChI=1S/C15H24N2OS.ClH/c1-3-11-7-8-12(19-11)10-17-14(18)13-6-4-5-9-15(13,2)16;/h7-8,13H,3-6,9-10,16H2,1-2H3,(H,17,18);1H. The van der Waals surface area contributed by atoms with Crippen LogP contribution in [0, 0.1) is 5.92 Å². The van der Waals surface area contributed by atoms with Gasteiger partial charge in [-0.1, -0.05) is 19.8 Å². The molecule has 5 heteroatoms. The van der Waals surface area contributed by atoms with Gasteiger partial charge >= 0.3 is 0 Å². The van der Waals surface area contributed by atoms with E-state index in [1.807, 2.05) is 6.92 Å². The minimum atomic E-state index is -0.341. The van der Waals surface area contributed by atoms with E-state index in [-0.39, 0.29) is 29.8 Å². The zero-order valence-corrected chi connectivity index (χ0v) is 13.9. The van der Waals surface area contributed by atoms with Gasteiger partial charge in [0, 0.05) is 15.3 Å². The van der Waals surface area contributed by atoms with Crippen LogP contribution in [0.2, 0.25) is 0 Å². The van der Waals surface area contributed by atoms with Crippen LogP contribution in [0.5, 0.6) is 0 Å². The summed E-state index contributed by atoms with van der Waals surface area (Å²) in [6, 6.07) is 4.24. The van der Waals surface area contributed by atoms with E-state index in [9.17, 15) is 4.79 Å². The highest BCUT2D eigenvalue weighted by atomic mass is 35.5. The average Bonchev–Trinajstić information content (AvgIpc) is 2.83. The van der Waals surface area contributed by atoms with Crippen LogP contribution in [0.4, 0.5) is 0 Å². The van der Waals surface area contributed by atoms with Gasteiger partial charge in [-0.2, -0.15) is 0 Å². The summed E-state index contributed by atoms with van der Waals surface area (Å²) in [4.78, 5) is 14.9. The molecule has 0 spiro atoms. The van der Waals surface area contributed by atoms with Gasteiger partial charge in [0.2, 0.25) is 5.91 Å². The SMILES string of the molecule is CCc1ccc(CNC(=O)C2CCCCC2(C)N)s1.Cl. The lowest BCUT2D eigenvalue weighted by atomic mass is 9.74. The molecule has 3 nitrogen and oxygen atoms in total. The summed E-state index contributed by atoms with van der Waals surface area (Å²) < 4.78 is 0. The molecule has 1 aliphatic rings. The lowest BCUT2D eigenvalue weighted by Crippen LogP contribution is -2.52. The van der Waals surface area contributed by atoms with Crippen molar-refractivity contribution in [1.29, 1.82) is 0 Å². The third kappa shape index (κ3) is 4.21. The zero-order chi connectivity index (χ0) is 13.9. The largest absolute Gasteiger partial charge is 0.351 e. The van der Waals surface area contributed by atoms with Crippen molar-refractivity contribution in [1.82, 2.24) is 5.32 Å². The lowest BCUT2D eigenvalue weighted by Gasteiger charge is -2.37. The number of hydrogen-bond donors (Lipinski definition) is 2. The summed E-state index contributed by atoms with van der Waals surface area (Å²) in [6.07, 6.45) is 5.18. The van der Waals surface area contributed by atoms with Gasteiger partial charge in [-0.25, -0.2) is 0 Å². The van der Waals surface area contributed by atoms with Crippen molar-refractivity contribution in [2.75, 3.05) is 0 Å². The summed E-state index contributed by atoms with van der Waals surface area (Å²) >= 11 is 1.78. The number of nitrogens with one attached hydrogen (secondary N) is 1. The molecule has 0 aliphatic heterocycles. The lowest BCUT2D eigenvalue weighted by molar-refractivity contribution is -0.128. The minimum Gasteiger partial charge on any atom is -0.351 e. The van der Waals surface area contributed by atoms with Crippen LogP contribution >= 0.6 is 23.7 Å². The van der Waals surface area contributed by atoms with Crippen molar-refractivity contribution in [2.45, 2.75) is 58.0 Å². The molecule has 2 atom stereocenters. The van der Waals surface area contributed by atoms with Gasteiger partial charge in [-0.3, -0.25) is 4.79 Å². The van der Waals surface area contributed by atoms with Gasteiger partial charge in [0.1, 0.15) is 0 Å². The maximum absolute atomic E-state index is 12.3. The quantitative estimate of drug-likeness (QED) is 0.896. The third-order valence-electron chi connectivity index (χ3n) is 4.07. The molecule has 1 heterocycles. The number of carbonyl (C=O) groups is 1. The fourth-order valence-electron chi connectivity index (χ4n) is 2.79. The Morgan fingerprint density at radius 3 is 2.75 bits per heavy atom. The fraction of sp³-hybridized carbons (Fsp3) is 0.667. The number of aryl methyl sites for hydroxylation is 1. The number of nitrogens with two attached hydrogens (primary N) is 1. The predicted octanol–water partition coefficient (Wildman–Crippen LogP) is 3.26. The Hall–Kier alpha value is -0.580. The van der Waals surface area contributed by atoms with Crippen molar-refractivity contribution >= 4 is 29.7 Å². The summed E-state index contributed by atoms with van der Waals surface area (Å²) in [5.41, 5.74) is 5.92. The second-order valence-corrected chi connectivity index (χ2v) is 7.00. The molecule has 1 amide bonds. The molecule has 1 aliphatic carbocycles. The molecular formula is C15H25ClN2OS. The number of hydrogen-bond acceptors (Lipinski definition) is 3. The highest BCUT2D eigenvalue weighted by Crippen LogP contribution is 2.31. The molecular weight excluding hydrogens is 292 g/mol. The number of thiophene rings is 1. The van der Waals surface area contributed by atoms with E-state index in [0.717, 1.165) is 32.1 Å². The Bertz CT molecular complexity index is 445. The molecule has 1 aromatic rings. The zero-order valence-electron chi connectivity index (χ0n) is 12.3. The van der Waals surface area contributed by atoms with Gasteiger partial charge in [0.25, 0.3) is 0 Å². The molecule has 0 bridgehead atoms. The first-order valence-electron chi connectivity index (χ1n) is 7.17. The molecule has 0 saturated heterocycles. The second kappa shape index (κ2) is 7.43. The van der Waals surface area contributed by atoms with E-state index >= 15 is 0 Å². The maximum atomic E-state index is 12.3. The Balaban J connectivity index is 0.00000200. The molecule has 0 aromatic carbocycles. The van der Waals surface area contributed by atoms with Crippen molar-refractivity contribution in [3.05, 3.63) is 21.9 Å². The highest BCUT2D eigenvalue weighted by Gasteiger charge is 2.37. The monoisotopic (exact) mass is 316 g/mol. The van der Waals surface area contributed by atoms with Gasteiger partial charge in [0.05, 0.1) is 12.5 Å². The Labute approximate surface area is 131 Å². The highest BCUT2D eigenvalue weighted by molar-refractivity contribution is 7.11. The van der Waals surface area contributed by atoms with E-state index in [2.05, 4.69) is 24.4 Å². The van der Waals surface area contributed by atoms with E-state index in [1.165, 1.54) is 9.75 Å². The van der Waals surface area contributed by atoms with Crippen molar-refractivity contribution in [3.63, 3.8) is 0 Å². The van der Waals surface area contributed by atoms with E-state index in [4.69, 9.17) is 5.73 Å². The molecule has 2 rings (SSSR count). The van der Waals surface area contributed by atoms with Crippen LogP contribution in [0.15, 0.2) is 12.1 Å². The molecule has 1 fully saturated rings. The Kier molecular flexibility index (Phi) is 6.49. The van der Waals surface area contributed by atoms with E-state index < -0.39 is 0 Å².